The van der Waals surface area contributed by atoms with Gasteiger partial charge in [-0.05, 0) is 49.1 Å². The molecule has 2 aromatic heterocycles. The van der Waals surface area contributed by atoms with Gasteiger partial charge in [0.25, 0.3) is 0 Å². The second-order valence-electron chi connectivity index (χ2n) is 8.14. The number of piperidine rings is 1. The minimum Gasteiger partial charge on any atom is -0.397 e. The van der Waals surface area contributed by atoms with Crippen molar-refractivity contribution in [2.24, 2.45) is 5.73 Å². The summed E-state index contributed by atoms with van der Waals surface area (Å²) in [6.45, 7) is 3.84. The number of Topliss-reactive ketones (excluding diaryl/α,β-unsaturated/α-hetero) is 1. The summed E-state index contributed by atoms with van der Waals surface area (Å²) in [5, 5.41) is 0. The van der Waals surface area contributed by atoms with Gasteiger partial charge in [-0.15, -0.1) is 0 Å². The molecule has 0 amide bonds. The van der Waals surface area contributed by atoms with Gasteiger partial charge in [-0.2, -0.15) is 0 Å². The number of nitrogen functional groups attached to an aromatic ring is 1. The van der Waals surface area contributed by atoms with E-state index in [0.29, 0.717) is 11.4 Å². The maximum Gasteiger partial charge on any atom is 0.187 e. The molecular formula is C25H29N5O. The number of rotatable bonds is 6. The Morgan fingerprint density at radius 3 is 2.90 bits per heavy atom. The Kier molecular flexibility index (Phi) is 6.28. The smallest absolute Gasteiger partial charge is 0.187 e. The number of nitrogens with two attached hydrogens (primary N) is 2. The lowest BCUT2D eigenvalue weighted by atomic mass is 10.0. The molecule has 160 valence electrons. The second-order valence-corrected chi connectivity index (χ2v) is 8.14. The predicted molar refractivity (Wildman–Crippen MR) is 125 cm³/mol. The molecule has 0 radical (unpaired) electrons. The topological polar surface area (TPSA) is 98.1 Å². The van der Waals surface area contributed by atoms with Crippen molar-refractivity contribution in [3.8, 4) is 11.3 Å². The number of pyridine rings is 2. The van der Waals surface area contributed by atoms with Gasteiger partial charge in [-0.3, -0.25) is 9.78 Å². The zero-order valence-electron chi connectivity index (χ0n) is 17.9. The lowest BCUT2D eigenvalue weighted by Gasteiger charge is -2.33. The van der Waals surface area contributed by atoms with Crippen LogP contribution in [0.5, 0.6) is 0 Å². The van der Waals surface area contributed by atoms with Crippen LogP contribution < -0.4 is 16.4 Å². The van der Waals surface area contributed by atoms with Gasteiger partial charge in [-0.25, -0.2) is 4.98 Å². The van der Waals surface area contributed by atoms with Gasteiger partial charge in [-0.1, -0.05) is 25.1 Å². The van der Waals surface area contributed by atoms with Crippen LogP contribution in [0.15, 0.2) is 54.9 Å². The molecule has 0 saturated carbocycles. The third-order valence-corrected chi connectivity index (χ3v) is 5.85. The quantitative estimate of drug-likeness (QED) is 0.597. The van der Waals surface area contributed by atoms with Gasteiger partial charge >= 0.3 is 0 Å². The molecule has 1 saturated heterocycles. The Hall–Kier alpha value is -3.25. The van der Waals surface area contributed by atoms with E-state index in [0.717, 1.165) is 54.9 Å². The molecule has 1 aromatic carbocycles. The SMILES string of the molecule is CCc1cccc(-c2ccc(N)c(C(=O)Cc3cnccc3N3CCC[C@H](N)C3)n2)c1. The fourth-order valence-electron chi connectivity index (χ4n) is 4.15. The Morgan fingerprint density at radius 1 is 1.23 bits per heavy atom. The van der Waals surface area contributed by atoms with E-state index < -0.39 is 0 Å². The van der Waals surface area contributed by atoms with Crippen LogP contribution in [0.2, 0.25) is 0 Å². The van der Waals surface area contributed by atoms with Crippen LogP contribution in [0, 0.1) is 0 Å². The summed E-state index contributed by atoms with van der Waals surface area (Å²) < 4.78 is 0. The number of anilines is 2. The Labute approximate surface area is 183 Å². The maximum atomic E-state index is 13.2. The van der Waals surface area contributed by atoms with Crippen molar-refractivity contribution in [1.82, 2.24) is 9.97 Å². The van der Waals surface area contributed by atoms with Gasteiger partial charge in [0.1, 0.15) is 5.69 Å². The minimum absolute atomic E-state index is 0.110. The van der Waals surface area contributed by atoms with Crippen LogP contribution in [0.1, 0.15) is 41.4 Å². The Bertz CT molecular complexity index is 1080. The highest BCUT2D eigenvalue weighted by atomic mass is 16.1. The molecule has 4 N–H and O–H groups in total. The first-order chi connectivity index (χ1) is 15.0. The van der Waals surface area contributed by atoms with Crippen LogP contribution in [0.3, 0.4) is 0 Å². The lowest BCUT2D eigenvalue weighted by Crippen LogP contribution is -2.43. The number of hydrogen-bond donors (Lipinski definition) is 2. The normalized spacial score (nSPS) is 16.3. The summed E-state index contributed by atoms with van der Waals surface area (Å²) in [5.41, 5.74) is 17.9. The van der Waals surface area contributed by atoms with E-state index in [-0.39, 0.29) is 18.2 Å². The van der Waals surface area contributed by atoms with Crippen LogP contribution in [-0.2, 0) is 12.8 Å². The van der Waals surface area contributed by atoms with E-state index >= 15 is 0 Å². The molecule has 0 aliphatic carbocycles. The third-order valence-electron chi connectivity index (χ3n) is 5.85. The Morgan fingerprint density at radius 2 is 2.10 bits per heavy atom. The standard InChI is InChI=1S/C25H29N5O/c1-2-17-5-3-6-18(13-17)22-9-8-21(27)25(29-22)24(31)14-19-15-28-11-10-23(19)30-12-4-7-20(26)16-30/h3,5-6,8-11,13,15,20H,2,4,7,12,14,16,26-27H2,1H3/t20-/m0/s1. The van der Waals surface area contributed by atoms with Crippen LogP contribution in [-0.4, -0.2) is 34.9 Å². The fraction of sp³-hybridized carbons (Fsp3) is 0.320. The van der Waals surface area contributed by atoms with E-state index in [1.54, 1.807) is 18.5 Å². The van der Waals surface area contributed by atoms with Gasteiger partial charge in [0.15, 0.2) is 5.78 Å². The average Bonchev–Trinajstić information content (AvgIpc) is 2.79. The van der Waals surface area contributed by atoms with Crippen molar-refractivity contribution in [3.63, 3.8) is 0 Å². The molecular weight excluding hydrogens is 386 g/mol. The van der Waals surface area contributed by atoms with Crippen molar-refractivity contribution in [3.05, 3.63) is 71.7 Å². The second kappa shape index (κ2) is 9.27. The van der Waals surface area contributed by atoms with E-state index in [4.69, 9.17) is 11.5 Å². The predicted octanol–water partition coefficient (Wildman–Crippen LogP) is 3.64. The van der Waals surface area contributed by atoms with Crippen molar-refractivity contribution in [2.75, 3.05) is 23.7 Å². The summed E-state index contributed by atoms with van der Waals surface area (Å²) in [7, 11) is 0. The van der Waals surface area contributed by atoms with Crippen molar-refractivity contribution in [2.45, 2.75) is 38.6 Å². The van der Waals surface area contributed by atoms with Crippen molar-refractivity contribution in [1.29, 1.82) is 0 Å². The fourth-order valence-corrected chi connectivity index (χ4v) is 4.15. The highest BCUT2D eigenvalue weighted by Gasteiger charge is 2.22. The van der Waals surface area contributed by atoms with Crippen molar-refractivity contribution >= 4 is 17.2 Å². The van der Waals surface area contributed by atoms with E-state index in [9.17, 15) is 4.79 Å². The van der Waals surface area contributed by atoms with Gasteiger partial charge in [0.2, 0.25) is 0 Å². The summed E-state index contributed by atoms with van der Waals surface area (Å²) in [6.07, 6.45) is 6.74. The summed E-state index contributed by atoms with van der Waals surface area (Å²) in [4.78, 5) is 24.4. The largest absolute Gasteiger partial charge is 0.397 e. The Balaban J connectivity index is 1.61. The molecule has 31 heavy (non-hydrogen) atoms. The molecule has 3 heterocycles. The van der Waals surface area contributed by atoms with E-state index in [1.165, 1.54) is 5.56 Å². The van der Waals surface area contributed by atoms with Gasteiger partial charge in [0, 0.05) is 54.8 Å². The molecule has 6 heteroatoms. The molecule has 4 rings (SSSR count). The number of nitrogens with zero attached hydrogens (tertiary/aromatic N) is 3. The van der Waals surface area contributed by atoms with E-state index in [2.05, 4.69) is 33.9 Å². The molecule has 0 bridgehead atoms. The summed E-state index contributed by atoms with van der Waals surface area (Å²) in [6, 6.07) is 14.0. The maximum absolute atomic E-state index is 13.2. The molecule has 1 fully saturated rings. The van der Waals surface area contributed by atoms with Gasteiger partial charge < -0.3 is 16.4 Å². The van der Waals surface area contributed by atoms with E-state index in [1.807, 2.05) is 24.3 Å². The number of aryl methyl sites for hydroxylation is 1. The molecule has 3 aromatic rings. The molecule has 0 unspecified atom stereocenters. The first-order valence-corrected chi connectivity index (χ1v) is 10.9. The van der Waals surface area contributed by atoms with Crippen LogP contribution in [0.25, 0.3) is 11.3 Å². The average molecular weight is 416 g/mol. The lowest BCUT2D eigenvalue weighted by molar-refractivity contribution is 0.0989. The van der Waals surface area contributed by atoms with Crippen LogP contribution >= 0.6 is 0 Å². The number of carbonyl (C=O) groups excluding carboxylic acids is 1. The molecule has 1 aliphatic heterocycles. The monoisotopic (exact) mass is 415 g/mol. The van der Waals surface area contributed by atoms with Crippen LogP contribution in [0.4, 0.5) is 11.4 Å². The number of carbonyl (C=O) groups is 1. The molecule has 6 nitrogen and oxygen atoms in total. The van der Waals surface area contributed by atoms with Gasteiger partial charge in [0.05, 0.1) is 11.4 Å². The highest BCUT2D eigenvalue weighted by molar-refractivity contribution is 6.01. The first kappa shape index (κ1) is 21.0. The summed E-state index contributed by atoms with van der Waals surface area (Å²) in [5.74, 6) is -0.110. The first-order valence-electron chi connectivity index (χ1n) is 10.9. The summed E-state index contributed by atoms with van der Waals surface area (Å²) >= 11 is 0. The number of hydrogen-bond acceptors (Lipinski definition) is 6. The highest BCUT2D eigenvalue weighted by Crippen LogP contribution is 2.26. The zero-order chi connectivity index (χ0) is 21.8. The minimum atomic E-state index is -0.110. The zero-order valence-corrected chi connectivity index (χ0v) is 17.9. The molecule has 1 aliphatic rings. The van der Waals surface area contributed by atoms with Crippen molar-refractivity contribution < 1.29 is 4.79 Å². The third kappa shape index (κ3) is 4.75. The number of ketones is 1. The number of aromatic nitrogens is 2. The molecule has 0 spiro atoms. The number of benzene rings is 1. The molecule has 1 atom stereocenters.